The molecule has 2 atom stereocenters. The Bertz CT molecular complexity index is 713. The van der Waals surface area contributed by atoms with Gasteiger partial charge in [-0.3, -0.25) is 14.6 Å². The molecular weight excluding hydrogens is 296 g/mol. The van der Waals surface area contributed by atoms with Gasteiger partial charge in [0, 0.05) is 36.6 Å². The monoisotopic (exact) mass is 314 g/mol. The van der Waals surface area contributed by atoms with E-state index in [1.165, 1.54) is 0 Å². The van der Waals surface area contributed by atoms with Gasteiger partial charge in [0.15, 0.2) is 11.5 Å². The number of carbonyl (C=O) groups excluding carboxylic acids is 2. The first-order valence-corrected chi connectivity index (χ1v) is 7.53. The zero-order valence-corrected chi connectivity index (χ0v) is 12.8. The van der Waals surface area contributed by atoms with Crippen molar-refractivity contribution in [3.63, 3.8) is 0 Å². The molecule has 23 heavy (non-hydrogen) atoms. The van der Waals surface area contributed by atoms with E-state index in [2.05, 4.69) is 10.1 Å². The number of likely N-dealkylation sites (tertiary alicyclic amines) is 1. The Morgan fingerprint density at radius 1 is 1.39 bits per heavy atom. The topological polar surface area (TPSA) is 102 Å². The van der Waals surface area contributed by atoms with E-state index in [9.17, 15) is 9.59 Å². The number of piperidine rings is 1. The number of nitrogens with two attached hydrogens (primary N) is 1. The first-order chi connectivity index (χ1) is 11.1. The number of carbonyl (C=O) groups is 2. The van der Waals surface area contributed by atoms with Gasteiger partial charge in [-0.05, 0) is 31.9 Å². The molecule has 0 bridgehead atoms. The van der Waals surface area contributed by atoms with Crippen LogP contribution in [-0.4, -0.2) is 39.4 Å². The maximum Gasteiger partial charge on any atom is 0.276 e. The molecule has 7 heteroatoms. The average molecular weight is 314 g/mol. The van der Waals surface area contributed by atoms with E-state index in [0.717, 1.165) is 12.0 Å². The highest BCUT2D eigenvalue weighted by molar-refractivity contribution is 5.93. The van der Waals surface area contributed by atoms with E-state index < -0.39 is 0 Å². The van der Waals surface area contributed by atoms with Crippen molar-refractivity contribution in [2.75, 3.05) is 6.54 Å². The van der Waals surface area contributed by atoms with E-state index in [0.29, 0.717) is 18.7 Å². The van der Waals surface area contributed by atoms with Crippen LogP contribution in [0.3, 0.4) is 0 Å². The molecule has 0 radical (unpaired) electrons. The van der Waals surface area contributed by atoms with Crippen LogP contribution in [0.2, 0.25) is 0 Å². The molecule has 0 aromatic carbocycles. The molecule has 0 spiro atoms. The molecule has 7 nitrogen and oxygen atoms in total. The smallest absolute Gasteiger partial charge is 0.276 e. The van der Waals surface area contributed by atoms with E-state index in [-0.39, 0.29) is 29.5 Å². The minimum atomic E-state index is -0.370. The van der Waals surface area contributed by atoms with Gasteiger partial charge in [0.1, 0.15) is 0 Å². The Morgan fingerprint density at radius 2 is 2.22 bits per heavy atom. The highest BCUT2D eigenvalue weighted by Crippen LogP contribution is 2.25. The van der Waals surface area contributed by atoms with Crippen LogP contribution >= 0.6 is 0 Å². The number of primary amides is 1. The second-order valence-electron chi connectivity index (χ2n) is 5.80. The highest BCUT2D eigenvalue weighted by Gasteiger charge is 2.33. The average Bonchev–Trinajstić information content (AvgIpc) is 3.05. The molecular formula is C16H18N4O3. The molecule has 1 saturated heterocycles. The number of hydrogen-bond acceptors (Lipinski definition) is 5. The second kappa shape index (κ2) is 6.20. The van der Waals surface area contributed by atoms with Crippen molar-refractivity contribution in [3.05, 3.63) is 36.3 Å². The van der Waals surface area contributed by atoms with Gasteiger partial charge in [-0.25, -0.2) is 0 Å². The fraction of sp³-hybridized carbons (Fsp3) is 0.375. The highest BCUT2D eigenvalue weighted by atomic mass is 16.5. The normalized spacial score (nSPS) is 21.2. The molecule has 2 aromatic heterocycles. The lowest BCUT2D eigenvalue weighted by Gasteiger charge is -2.36. The van der Waals surface area contributed by atoms with Crippen molar-refractivity contribution in [3.8, 4) is 11.3 Å². The fourth-order valence-corrected chi connectivity index (χ4v) is 2.79. The Balaban J connectivity index is 1.80. The minimum Gasteiger partial charge on any atom is -0.369 e. The second-order valence-corrected chi connectivity index (χ2v) is 5.80. The Labute approximate surface area is 133 Å². The molecule has 2 aromatic rings. The summed E-state index contributed by atoms with van der Waals surface area (Å²) in [6.45, 7) is 2.28. The molecule has 1 aliphatic rings. The summed E-state index contributed by atoms with van der Waals surface area (Å²) >= 11 is 0. The van der Waals surface area contributed by atoms with Crippen LogP contribution in [0.15, 0.2) is 35.1 Å². The van der Waals surface area contributed by atoms with Crippen LogP contribution < -0.4 is 5.73 Å². The van der Waals surface area contributed by atoms with Crippen molar-refractivity contribution >= 4 is 11.8 Å². The first-order valence-electron chi connectivity index (χ1n) is 7.53. The van der Waals surface area contributed by atoms with Gasteiger partial charge in [0.25, 0.3) is 5.91 Å². The molecule has 2 N–H and O–H groups in total. The summed E-state index contributed by atoms with van der Waals surface area (Å²) in [6.07, 6.45) is 4.75. The van der Waals surface area contributed by atoms with E-state index in [1.54, 1.807) is 29.4 Å². The number of aromatic nitrogens is 2. The van der Waals surface area contributed by atoms with Crippen molar-refractivity contribution in [2.24, 2.45) is 11.7 Å². The van der Waals surface area contributed by atoms with Crippen LogP contribution in [0.25, 0.3) is 11.3 Å². The third-order valence-electron chi connectivity index (χ3n) is 4.22. The Kier molecular flexibility index (Phi) is 4.10. The number of amides is 2. The van der Waals surface area contributed by atoms with E-state index in [4.69, 9.17) is 10.3 Å². The molecule has 2 amide bonds. The fourth-order valence-electron chi connectivity index (χ4n) is 2.79. The van der Waals surface area contributed by atoms with Gasteiger partial charge >= 0.3 is 0 Å². The van der Waals surface area contributed by atoms with Crippen LogP contribution in [0.1, 0.15) is 30.3 Å². The van der Waals surface area contributed by atoms with Crippen LogP contribution in [0, 0.1) is 5.92 Å². The molecule has 0 aliphatic carbocycles. The Morgan fingerprint density at radius 3 is 2.91 bits per heavy atom. The maximum absolute atomic E-state index is 12.7. The van der Waals surface area contributed by atoms with Gasteiger partial charge in [-0.1, -0.05) is 5.16 Å². The van der Waals surface area contributed by atoms with Crippen molar-refractivity contribution in [2.45, 2.75) is 25.8 Å². The molecule has 3 heterocycles. The SMILES string of the molecule is C[C@@H]1CC[C@H](C(N)=O)CN1C(=O)c1cc(-c2cccnc2)on1. The predicted molar refractivity (Wildman–Crippen MR) is 82.2 cm³/mol. The van der Waals surface area contributed by atoms with Crippen LogP contribution in [0.5, 0.6) is 0 Å². The Hall–Kier alpha value is -2.70. The number of hydrogen-bond donors (Lipinski definition) is 1. The summed E-state index contributed by atoms with van der Waals surface area (Å²) < 4.78 is 5.24. The predicted octanol–water partition coefficient (Wildman–Crippen LogP) is 1.46. The van der Waals surface area contributed by atoms with Crippen LogP contribution in [0.4, 0.5) is 0 Å². The number of nitrogens with zero attached hydrogens (tertiary/aromatic N) is 3. The van der Waals surface area contributed by atoms with Crippen molar-refractivity contribution in [1.82, 2.24) is 15.0 Å². The van der Waals surface area contributed by atoms with Gasteiger partial charge in [0.05, 0.1) is 5.92 Å². The third-order valence-corrected chi connectivity index (χ3v) is 4.22. The lowest BCUT2D eigenvalue weighted by atomic mass is 9.92. The summed E-state index contributed by atoms with van der Waals surface area (Å²) in [5, 5.41) is 3.86. The minimum absolute atomic E-state index is 0.0386. The standard InChI is InChI=1S/C16H18N4O3/c1-10-4-5-12(15(17)21)9-20(10)16(22)13-7-14(23-19-13)11-3-2-6-18-8-11/h2-3,6-8,10,12H,4-5,9H2,1H3,(H2,17,21)/t10-,12+/m1/s1. The lowest BCUT2D eigenvalue weighted by Crippen LogP contribution is -2.48. The summed E-state index contributed by atoms with van der Waals surface area (Å²) in [7, 11) is 0. The molecule has 3 rings (SSSR count). The van der Waals surface area contributed by atoms with E-state index in [1.807, 2.05) is 13.0 Å². The van der Waals surface area contributed by atoms with Crippen molar-refractivity contribution < 1.29 is 14.1 Å². The van der Waals surface area contributed by atoms with Gasteiger partial charge in [0.2, 0.25) is 5.91 Å². The largest absolute Gasteiger partial charge is 0.369 e. The number of rotatable bonds is 3. The lowest BCUT2D eigenvalue weighted by molar-refractivity contribution is -0.123. The maximum atomic E-state index is 12.7. The van der Waals surface area contributed by atoms with Crippen molar-refractivity contribution in [1.29, 1.82) is 0 Å². The first kappa shape index (κ1) is 15.2. The summed E-state index contributed by atoms with van der Waals surface area (Å²) in [5.74, 6) is -0.439. The summed E-state index contributed by atoms with van der Waals surface area (Å²) in [5.41, 5.74) is 6.35. The van der Waals surface area contributed by atoms with Gasteiger partial charge < -0.3 is 15.2 Å². The molecule has 0 saturated carbocycles. The quantitative estimate of drug-likeness (QED) is 0.924. The number of pyridine rings is 1. The van der Waals surface area contributed by atoms with E-state index >= 15 is 0 Å². The zero-order chi connectivity index (χ0) is 16.4. The van der Waals surface area contributed by atoms with Crippen LogP contribution in [-0.2, 0) is 4.79 Å². The summed E-state index contributed by atoms with van der Waals surface area (Å²) in [6, 6.07) is 5.24. The van der Waals surface area contributed by atoms with Gasteiger partial charge in [-0.15, -0.1) is 0 Å². The molecule has 120 valence electrons. The zero-order valence-electron chi connectivity index (χ0n) is 12.8. The molecule has 1 fully saturated rings. The molecule has 0 unspecified atom stereocenters. The third kappa shape index (κ3) is 3.08. The molecule has 1 aliphatic heterocycles. The summed E-state index contributed by atoms with van der Waals surface area (Å²) in [4.78, 5) is 29.7. The van der Waals surface area contributed by atoms with Gasteiger partial charge in [-0.2, -0.15) is 0 Å².